The van der Waals surface area contributed by atoms with Gasteiger partial charge in [-0.3, -0.25) is 9.36 Å². The number of halogens is 1. The summed E-state index contributed by atoms with van der Waals surface area (Å²) in [6, 6.07) is 13.1. The van der Waals surface area contributed by atoms with Crippen molar-refractivity contribution in [2.45, 2.75) is 12.3 Å². The van der Waals surface area contributed by atoms with Crippen molar-refractivity contribution in [1.82, 2.24) is 9.55 Å². The lowest BCUT2D eigenvalue weighted by Crippen LogP contribution is -2.25. The Balaban J connectivity index is 1.85. The van der Waals surface area contributed by atoms with Crippen LogP contribution in [0.25, 0.3) is 5.69 Å². The Hall–Kier alpha value is -2.99. The lowest BCUT2D eigenvalue weighted by molar-refractivity contribution is -0.116. The minimum absolute atomic E-state index is 0.0823. The summed E-state index contributed by atoms with van der Waals surface area (Å²) in [5, 5.41) is 3.55. The van der Waals surface area contributed by atoms with Gasteiger partial charge >= 0.3 is 0 Å². The van der Waals surface area contributed by atoms with Crippen molar-refractivity contribution in [3.63, 3.8) is 0 Å². The van der Waals surface area contributed by atoms with E-state index < -0.39 is 0 Å². The summed E-state index contributed by atoms with van der Waals surface area (Å²) in [4.78, 5) is 17.1. The van der Waals surface area contributed by atoms with Gasteiger partial charge in [0.15, 0.2) is 11.5 Å². The molecule has 1 aliphatic rings. The van der Waals surface area contributed by atoms with Crippen molar-refractivity contribution >= 4 is 23.3 Å². The van der Waals surface area contributed by atoms with Crippen LogP contribution >= 0.6 is 11.6 Å². The fourth-order valence-corrected chi connectivity index (χ4v) is 3.66. The van der Waals surface area contributed by atoms with Gasteiger partial charge in [-0.25, -0.2) is 4.98 Å². The molecule has 0 radical (unpaired) electrons. The van der Waals surface area contributed by atoms with Crippen LogP contribution in [0.5, 0.6) is 11.5 Å². The first-order valence-electron chi connectivity index (χ1n) is 8.46. The summed E-state index contributed by atoms with van der Waals surface area (Å²) in [6.07, 6.45) is 1.98. The Kier molecular flexibility index (Phi) is 4.49. The molecule has 6 nitrogen and oxygen atoms in total. The van der Waals surface area contributed by atoms with Gasteiger partial charge in [0.2, 0.25) is 5.91 Å². The van der Waals surface area contributed by atoms with E-state index >= 15 is 0 Å². The Morgan fingerprint density at radius 1 is 1.19 bits per heavy atom. The third-order valence-electron chi connectivity index (χ3n) is 4.67. The predicted octanol–water partition coefficient (Wildman–Crippen LogP) is 4.02. The molecule has 3 aromatic rings. The minimum Gasteiger partial charge on any atom is -0.493 e. The highest BCUT2D eigenvalue weighted by molar-refractivity contribution is 6.30. The third kappa shape index (κ3) is 3.02. The maximum Gasteiger partial charge on any atom is 0.226 e. The number of nitrogens with zero attached hydrogens (tertiary/aromatic N) is 2. The summed E-state index contributed by atoms with van der Waals surface area (Å²) in [5.41, 5.74) is 2.47. The summed E-state index contributed by atoms with van der Waals surface area (Å²) >= 11 is 6.12. The molecule has 1 aromatic heterocycles. The number of anilines is 1. The fraction of sp³-hybridized carbons (Fsp3) is 0.200. The summed E-state index contributed by atoms with van der Waals surface area (Å²) in [6.45, 7) is 0. The number of hydrogen-bond donors (Lipinski definition) is 1. The lowest BCUT2D eigenvalue weighted by atomic mass is 9.89. The molecule has 2 aromatic carbocycles. The molecule has 2 heterocycles. The molecule has 0 saturated heterocycles. The van der Waals surface area contributed by atoms with E-state index in [1.807, 2.05) is 41.0 Å². The van der Waals surface area contributed by atoms with Crippen LogP contribution in [0.15, 0.2) is 48.8 Å². The molecule has 1 atom stereocenters. The topological polar surface area (TPSA) is 65.4 Å². The molecule has 1 amide bonds. The number of imidazole rings is 1. The normalized spacial score (nSPS) is 15.8. The van der Waals surface area contributed by atoms with E-state index in [-0.39, 0.29) is 18.2 Å². The van der Waals surface area contributed by atoms with E-state index in [2.05, 4.69) is 10.3 Å². The van der Waals surface area contributed by atoms with E-state index in [4.69, 9.17) is 21.1 Å². The molecule has 0 saturated carbocycles. The zero-order valence-corrected chi connectivity index (χ0v) is 15.7. The van der Waals surface area contributed by atoms with Crippen molar-refractivity contribution in [2.75, 3.05) is 19.5 Å². The number of aromatic nitrogens is 2. The highest BCUT2D eigenvalue weighted by Crippen LogP contribution is 2.43. The number of nitrogens with one attached hydrogen (secondary N) is 1. The third-order valence-corrected chi connectivity index (χ3v) is 4.90. The predicted molar refractivity (Wildman–Crippen MR) is 103 cm³/mol. The van der Waals surface area contributed by atoms with Crippen LogP contribution in [-0.4, -0.2) is 29.7 Å². The maximum absolute atomic E-state index is 12.5. The van der Waals surface area contributed by atoms with Gasteiger partial charge in [0.05, 0.1) is 19.9 Å². The molecule has 7 heteroatoms. The Morgan fingerprint density at radius 2 is 2.00 bits per heavy atom. The van der Waals surface area contributed by atoms with E-state index in [1.54, 1.807) is 26.6 Å². The van der Waals surface area contributed by atoms with Gasteiger partial charge in [-0.2, -0.15) is 0 Å². The zero-order valence-electron chi connectivity index (χ0n) is 14.9. The largest absolute Gasteiger partial charge is 0.493 e. The van der Waals surface area contributed by atoms with Crippen molar-refractivity contribution in [3.05, 3.63) is 65.1 Å². The van der Waals surface area contributed by atoms with Crippen molar-refractivity contribution in [3.8, 4) is 17.2 Å². The Labute approximate surface area is 161 Å². The van der Waals surface area contributed by atoms with Gasteiger partial charge in [0.1, 0.15) is 12.1 Å². The fourth-order valence-electron chi connectivity index (χ4n) is 3.47. The second kappa shape index (κ2) is 6.96. The SMILES string of the molecule is COc1cccc(C2CC(=O)Nc3c2ncn3-c2cccc(Cl)c2)c1OC. The number of methoxy groups -OCH3 is 2. The van der Waals surface area contributed by atoms with Crippen molar-refractivity contribution in [1.29, 1.82) is 0 Å². The number of fused-ring (bicyclic) bond motifs is 1. The second-order valence-corrected chi connectivity index (χ2v) is 6.65. The van der Waals surface area contributed by atoms with Gasteiger partial charge in [-0.1, -0.05) is 29.8 Å². The van der Waals surface area contributed by atoms with Crippen molar-refractivity contribution in [2.24, 2.45) is 0 Å². The van der Waals surface area contributed by atoms with Crippen LogP contribution in [0.2, 0.25) is 5.02 Å². The number of carbonyl (C=O) groups excluding carboxylic acids is 1. The first kappa shape index (κ1) is 17.4. The molecule has 0 aliphatic carbocycles. The maximum atomic E-state index is 12.5. The standard InChI is InChI=1S/C20H18ClN3O3/c1-26-16-8-4-7-14(19(16)27-2)15-10-17(25)23-20-18(15)22-11-24(20)13-6-3-5-12(21)9-13/h3-9,11,15H,10H2,1-2H3,(H,23,25). The quantitative estimate of drug-likeness (QED) is 0.739. The number of hydrogen-bond acceptors (Lipinski definition) is 4. The summed E-state index contributed by atoms with van der Waals surface area (Å²) in [7, 11) is 3.18. The zero-order chi connectivity index (χ0) is 19.0. The molecule has 0 spiro atoms. The number of carbonyl (C=O) groups is 1. The molecule has 0 bridgehead atoms. The highest BCUT2D eigenvalue weighted by Gasteiger charge is 2.33. The molecule has 1 unspecified atom stereocenters. The summed E-state index contributed by atoms with van der Waals surface area (Å²) < 4.78 is 12.8. The first-order valence-corrected chi connectivity index (χ1v) is 8.84. The van der Waals surface area contributed by atoms with Gasteiger partial charge in [0.25, 0.3) is 0 Å². The Bertz CT molecular complexity index is 1020. The molecule has 138 valence electrons. The van der Waals surface area contributed by atoms with Crippen LogP contribution in [0, 0.1) is 0 Å². The Morgan fingerprint density at radius 3 is 2.74 bits per heavy atom. The monoisotopic (exact) mass is 383 g/mol. The second-order valence-electron chi connectivity index (χ2n) is 6.22. The number of amides is 1. The van der Waals surface area contributed by atoms with Gasteiger partial charge in [0, 0.05) is 28.6 Å². The van der Waals surface area contributed by atoms with Crippen LogP contribution in [-0.2, 0) is 4.79 Å². The number of rotatable bonds is 4. The van der Waals surface area contributed by atoms with Crippen molar-refractivity contribution < 1.29 is 14.3 Å². The van der Waals surface area contributed by atoms with Gasteiger partial charge in [-0.05, 0) is 24.3 Å². The molecule has 27 heavy (non-hydrogen) atoms. The number of ether oxygens (including phenoxy) is 2. The van der Waals surface area contributed by atoms with E-state index in [9.17, 15) is 4.79 Å². The molecule has 0 fully saturated rings. The van der Waals surface area contributed by atoms with E-state index in [0.29, 0.717) is 22.3 Å². The first-order chi connectivity index (χ1) is 13.1. The molecule has 1 aliphatic heterocycles. The summed E-state index contributed by atoms with van der Waals surface area (Å²) in [5.74, 6) is 1.56. The average Bonchev–Trinajstić information content (AvgIpc) is 3.10. The van der Waals surface area contributed by atoms with E-state index in [0.717, 1.165) is 16.9 Å². The van der Waals surface area contributed by atoms with Crippen LogP contribution in [0.4, 0.5) is 5.82 Å². The minimum atomic E-state index is -0.237. The van der Waals surface area contributed by atoms with Gasteiger partial charge in [-0.15, -0.1) is 0 Å². The molecular weight excluding hydrogens is 366 g/mol. The molecule has 4 rings (SSSR count). The lowest BCUT2D eigenvalue weighted by Gasteiger charge is -2.25. The van der Waals surface area contributed by atoms with E-state index in [1.165, 1.54) is 0 Å². The molecular formula is C20H18ClN3O3. The smallest absolute Gasteiger partial charge is 0.226 e. The average molecular weight is 384 g/mol. The van der Waals surface area contributed by atoms with Gasteiger partial charge < -0.3 is 14.8 Å². The van der Waals surface area contributed by atoms with Crippen LogP contribution < -0.4 is 14.8 Å². The van der Waals surface area contributed by atoms with Crippen LogP contribution in [0.1, 0.15) is 23.6 Å². The highest BCUT2D eigenvalue weighted by atomic mass is 35.5. The molecule has 1 N–H and O–H groups in total. The number of para-hydroxylation sites is 1. The van der Waals surface area contributed by atoms with Crippen LogP contribution in [0.3, 0.4) is 0 Å². The number of benzene rings is 2.